The molecular formula is C25H29BrF2N6O2. The summed E-state index contributed by atoms with van der Waals surface area (Å²) in [7, 11) is 0. The van der Waals surface area contributed by atoms with Crippen LogP contribution in [0, 0.1) is 12.3 Å². The van der Waals surface area contributed by atoms with Gasteiger partial charge in [0.2, 0.25) is 5.95 Å². The first-order valence-electron chi connectivity index (χ1n) is 12.3. The highest BCUT2D eigenvalue weighted by Gasteiger charge is 2.44. The molecule has 2 saturated heterocycles. The number of nitrogens with zero attached hydrogens (tertiary/aromatic N) is 4. The Morgan fingerprint density at radius 1 is 0.889 bits per heavy atom. The standard InChI is InChI=1S/C25H29BrF2N6O2/c1-16-14-19(30-23(29-16)34-12-8-25(27,28)9-13-34)22(36)32-31-21(35)18-3-2-17(26)15-20(18)33-10-6-24(4-5-24)7-11-33/h2-3,14-15H,4-13H2,1H3,(H,31,35)(H,32,36). The molecule has 0 radical (unpaired) electrons. The van der Waals surface area contributed by atoms with E-state index in [9.17, 15) is 18.4 Å². The van der Waals surface area contributed by atoms with E-state index in [0.29, 0.717) is 16.7 Å². The molecule has 2 aromatic rings. The SMILES string of the molecule is Cc1cc(C(=O)NNC(=O)c2ccc(Br)cc2N2CCC3(CC2)CC3)nc(N2CCC(F)(F)CC2)n1. The summed E-state index contributed by atoms with van der Waals surface area (Å²) in [6.07, 6.45) is 4.29. The molecule has 3 aliphatic rings. The molecule has 0 bridgehead atoms. The molecule has 2 amide bonds. The Morgan fingerprint density at radius 2 is 1.53 bits per heavy atom. The summed E-state index contributed by atoms with van der Waals surface area (Å²) in [6.45, 7) is 3.72. The van der Waals surface area contributed by atoms with Crippen molar-refractivity contribution < 1.29 is 18.4 Å². The number of piperidine rings is 2. The second-order valence-corrected chi connectivity index (χ2v) is 11.0. The molecule has 11 heteroatoms. The van der Waals surface area contributed by atoms with Gasteiger partial charge in [0.05, 0.1) is 11.3 Å². The number of hydrogen-bond donors (Lipinski definition) is 2. The number of aromatic nitrogens is 2. The maximum atomic E-state index is 13.5. The van der Waals surface area contributed by atoms with Crippen molar-refractivity contribution in [2.75, 3.05) is 36.0 Å². The van der Waals surface area contributed by atoms with Gasteiger partial charge in [-0.05, 0) is 62.3 Å². The van der Waals surface area contributed by atoms with E-state index in [1.165, 1.54) is 18.9 Å². The van der Waals surface area contributed by atoms with E-state index in [2.05, 4.69) is 41.6 Å². The van der Waals surface area contributed by atoms with E-state index >= 15 is 0 Å². The molecule has 192 valence electrons. The molecule has 0 unspecified atom stereocenters. The third-order valence-electron chi connectivity index (χ3n) is 7.47. The van der Waals surface area contributed by atoms with Gasteiger partial charge in [-0.25, -0.2) is 18.7 Å². The molecule has 1 aromatic heterocycles. The fraction of sp³-hybridized carbons (Fsp3) is 0.520. The third-order valence-corrected chi connectivity index (χ3v) is 7.96. The smallest absolute Gasteiger partial charge is 0.288 e. The van der Waals surface area contributed by atoms with Gasteiger partial charge in [-0.2, -0.15) is 0 Å². The van der Waals surface area contributed by atoms with E-state index in [-0.39, 0.29) is 37.6 Å². The number of amides is 2. The van der Waals surface area contributed by atoms with Gasteiger partial charge in [-0.15, -0.1) is 0 Å². The van der Waals surface area contributed by atoms with Gasteiger partial charge in [0.15, 0.2) is 0 Å². The highest BCUT2D eigenvalue weighted by atomic mass is 79.9. The summed E-state index contributed by atoms with van der Waals surface area (Å²) in [5, 5.41) is 0. The van der Waals surface area contributed by atoms with Gasteiger partial charge in [0.25, 0.3) is 17.7 Å². The summed E-state index contributed by atoms with van der Waals surface area (Å²) < 4.78 is 27.9. The van der Waals surface area contributed by atoms with Crippen LogP contribution in [0.4, 0.5) is 20.4 Å². The number of halogens is 3. The summed E-state index contributed by atoms with van der Waals surface area (Å²) in [6, 6.07) is 6.97. The largest absolute Gasteiger partial charge is 0.371 e. The molecule has 5 rings (SSSR count). The molecule has 8 nitrogen and oxygen atoms in total. The first-order valence-corrected chi connectivity index (χ1v) is 13.1. The fourth-order valence-corrected chi connectivity index (χ4v) is 5.30. The molecule has 2 aliphatic heterocycles. The van der Waals surface area contributed by atoms with Crippen LogP contribution in [0.25, 0.3) is 0 Å². The lowest BCUT2D eigenvalue weighted by atomic mass is 9.93. The molecule has 2 N–H and O–H groups in total. The van der Waals surface area contributed by atoms with Crippen molar-refractivity contribution in [3.05, 3.63) is 45.7 Å². The quantitative estimate of drug-likeness (QED) is 0.542. The Hall–Kier alpha value is -2.82. The Kier molecular flexibility index (Phi) is 6.61. The average Bonchev–Trinajstić information content (AvgIpc) is 3.61. The highest BCUT2D eigenvalue weighted by Crippen LogP contribution is 2.54. The van der Waals surface area contributed by atoms with Crippen LogP contribution in [-0.4, -0.2) is 53.9 Å². The van der Waals surface area contributed by atoms with Gasteiger partial charge >= 0.3 is 0 Å². The number of rotatable bonds is 4. The number of aryl methyl sites for hydroxylation is 1. The van der Waals surface area contributed by atoms with Crippen molar-refractivity contribution in [1.82, 2.24) is 20.8 Å². The van der Waals surface area contributed by atoms with E-state index in [1.807, 2.05) is 6.07 Å². The number of carbonyl (C=O) groups is 2. The number of anilines is 2. The van der Waals surface area contributed by atoms with E-state index in [0.717, 1.165) is 36.1 Å². The average molecular weight is 563 g/mol. The number of hydrazine groups is 1. The van der Waals surface area contributed by atoms with Crippen LogP contribution in [0.1, 0.15) is 65.1 Å². The molecule has 1 saturated carbocycles. The maximum absolute atomic E-state index is 13.5. The predicted molar refractivity (Wildman–Crippen MR) is 135 cm³/mol. The monoisotopic (exact) mass is 562 g/mol. The molecule has 1 aliphatic carbocycles. The van der Waals surface area contributed by atoms with Crippen LogP contribution in [0.15, 0.2) is 28.7 Å². The normalized spacial score (nSPS) is 20.2. The lowest BCUT2D eigenvalue weighted by Gasteiger charge is -2.35. The first kappa shape index (κ1) is 24.9. The fourth-order valence-electron chi connectivity index (χ4n) is 4.95. The number of benzene rings is 1. The lowest BCUT2D eigenvalue weighted by Crippen LogP contribution is -2.43. The first-order chi connectivity index (χ1) is 17.1. The topological polar surface area (TPSA) is 90.5 Å². The summed E-state index contributed by atoms with van der Waals surface area (Å²) >= 11 is 3.50. The second kappa shape index (κ2) is 9.57. The lowest BCUT2D eigenvalue weighted by molar-refractivity contribution is -0.0222. The maximum Gasteiger partial charge on any atom is 0.288 e. The van der Waals surface area contributed by atoms with Crippen LogP contribution in [0.2, 0.25) is 0 Å². The molecular weight excluding hydrogens is 534 g/mol. The molecule has 1 aromatic carbocycles. The Bertz CT molecular complexity index is 1170. The van der Waals surface area contributed by atoms with Gasteiger partial charge in [-0.3, -0.25) is 20.4 Å². The van der Waals surface area contributed by atoms with Crippen molar-refractivity contribution in [2.24, 2.45) is 5.41 Å². The molecule has 36 heavy (non-hydrogen) atoms. The van der Waals surface area contributed by atoms with Crippen LogP contribution in [-0.2, 0) is 0 Å². The number of alkyl halides is 2. The molecule has 0 atom stereocenters. The minimum atomic E-state index is -2.69. The minimum Gasteiger partial charge on any atom is -0.371 e. The van der Waals surface area contributed by atoms with Gasteiger partial charge in [0.1, 0.15) is 5.69 Å². The third kappa shape index (κ3) is 5.45. The van der Waals surface area contributed by atoms with E-state index in [1.54, 1.807) is 24.0 Å². The van der Waals surface area contributed by atoms with Crippen molar-refractivity contribution in [1.29, 1.82) is 0 Å². The van der Waals surface area contributed by atoms with Gasteiger partial charge in [0, 0.05) is 49.2 Å². The van der Waals surface area contributed by atoms with Crippen molar-refractivity contribution in [3.63, 3.8) is 0 Å². The minimum absolute atomic E-state index is 0.0527. The van der Waals surface area contributed by atoms with Crippen LogP contribution in [0.5, 0.6) is 0 Å². The molecule has 3 heterocycles. The number of hydrogen-bond acceptors (Lipinski definition) is 6. The van der Waals surface area contributed by atoms with Crippen molar-refractivity contribution >= 4 is 39.4 Å². The Morgan fingerprint density at radius 3 is 2.19 bits per heavy atom. The number of carbonyl (C=O) groups excluding carboxylic acids is 2. The molecule has 1 spiro atoms. The van der Waals surface area contributed by atoms with Crippen molar-refractivity contribution in [2.45, 2.75) is 51.4 Å². The number of nitrogens with one attached hydrogen (secondary N) is 2. The summed E-state index contributed by atoms with van der Waals surface area (Å²) in [5.74, 6) is -3.49. The summed E-state index contributed by atoms with van der Waals surface area (Å²) in [4.78, 5) is 38.3. The predicted octanol–water partition coefficient (Wildman–Crippen LogP) is 4.24. The van der Waals surface area contributed by atoms with E-state index < -0.39 is 17.7 Å². The zero-order valence-corrected chi connectivity index (χ0v) is 21.7. The molecule has 3 fully saturated rings. The van der Waals surface area contributed by atoms with Gasteiger partial charge in [-0.1, -0.05) is 15.9 Å². The summed E-state index contributed by atoms with van der Waals surface area (Å²) in [5.41, 5.74) is 7.34. The Balaban J connectivity index is 1.25. The van der Waals surface area contributed by atoms with Gasteiger partial charge < -0.3 is 9.80 Å². The zero-order chi connectivity index (χ0) is 25.5. The van der Waals surface area contributed by atoms with Crippen molar-refractivity contribution in [3.8, 4) is 0 Å². The second-order valence-electron chi connectivity index (χ2n) is 10.1. The van der Waals surface area contributed by atoms with E-state index in [4.69, 9.17) is 0 Å². The van der Waals surface area contributed by atoms with Crippen LogP contribution < -0.4 is 20.7 Å². The van der Waals surface area contributed by atoms with Crippen LogP contribution >= 0.6 is 15.9 Å². The zero-order valence-electron chi connectivity index (χ0n) is 20.1. The van der Waals surface area contributed by atoms with Crippen LogP contribution in [0.3, 0.4) is 0 Å². The Labute approximate surface area is 216 Å². The highest BCUT2D eigenvalue weighted by molar-refractivity contribution is 9.10.